The maximum Gasteiger partial charge on any atom is 0.155 e. The van der Waals surface area contributed by atoms with Crippen molar-refractivity contribution in [3.05, 3.63) is 59.3 Å². The Morgan fingerprint density at radius 3 is 2.96 bits per heavy atom. The molecule has 1 fully saturated rings. The highest BCUT2D eigenvalue weighted by atomic mass is 15.3. The minimum Gasteiger partial charge on any atom is -0.289 e. The number of aryl methyl sites for hydroxylation is 1. The normalized spacial score (nSPS) is 23.3. The largest absolute Gasteiger partial charge is 0.289 e. The van der Waals surface area contributed by atoms with Crippen molar-refractivity contribution in [3.8, 4) is 0 Å². The van der Waals surface area contributed by atoms with Crippen LogP contribution in [-0.4, -0.2) is 30.5 Å². The average molecular weight is 305 g/mol. The number of fused-ring (bicyclic) bond motifs is 6. The van der Waals surface area contributed by atoms with Gasteiger partial charge in [-0.15, -0.1) is 0 Å². The van der Waals surface area contributed by atoms with Crippen LogP contribution >= 0.6 is 0 Å². The van der Waals surface area contributed by atoms with E-state index in [0.717, 1.165) is 24.3 Å². The third-order valence-electron chi connectivity index (χ3n) is 5.28. The molecule has 5 heteroatoms. The lowest BCUT2D eigenvalue weighted by Crippen LogP contribution is -2.38. The molecule has 0 aromatic carbocycles. The first-order valence-electron chi connectivity index (χ1n) is 8.28. The molecule has 5 nitrogen and oxygen atoms in total. The maximum atomic E-state index is 4.66. The van der Waals surface area contributed by atoms with Gasteiger partial charge >= 0.3 is 0 Å². The van der Waals surface area contributed by atoms with Crippen molar-refractivity contribution in [2.45, 2.75) is 44.8 Å². The summed E-state index contributed by atoms with van der Waals surface area (Å²) >= 11 is 0. The summed E-state index contributed by atoms with van der Waals surface area (Å²) in [6, 6.07) is 7.38. The Morgan fingerprint density at radius 1 is 1.22 bits per heavy atom. The van der Waals surface area contributed by atoms with Gasteiger partial charge in [-0.1, -0.05) is 0 Å². The fraction of sp³-hybridized carbons (Fsp3) is 0.389. The summed E-state index contributed by atoms with van der Waals surface area (Å²) in [5, 5.41) is 4.66. The molecule has 0 saturated carbocycles. The first-order chi connectivity index (χ1) is 11.3. The van der Waals surface area contributed by atoms with Crippen LogP contribution in [0, 0.1) is 6.92 Å². The topological polar surface area (TPSA) is 46.3 Å². The predicted molar refractivity (Wildman–Crippen MR) is 87.0 cm³/mol. The van der Waals surface area contributed by atoms with E-state index in [1.54, 1.807) is 0 Å². The van der Waals surface area contributed by atoms with Crippen LogP contribution in [0.1, 0.15) is 41.4 Å². The van der Waals surface area contributed by atoms with Gasteiger partial charge in [0.15, 0.2) is 5.65 Å². The molecule has 1 saturated heterocycles. The summed E-state index contributed by atoms with van der Waals surface area (Å²) in [6.45, 7) is 3.03. The van der Waals surface area contributed by atoms with Crippen molar-refractivity contribution in [3.63, 3.8) is 0 Å². The van der Waals surface area contributed by atoms with Crippen LogP contribution in [0.2, 0.25) is 0 Å². The molecular weight excluding hydrogens is 286 g/mol. The first-order valence-corrected chi connectivity index (χ1v) is 8.28. The Kier molecular flexibility index (Phi) is 2.79. The van der Waals surface area contributed by atoms with E-state index in [-0.39, 0.29) is 0 Å². The Morgan fingerprint density at radius 2 is 2.09 bits per heavy atom. The van der Waals surface area contributed by atoms with Gasteiger partial charge in [-0.2, -0.15) is 5.10 Å². The zero-order valence-electron chi connectivity index (χ0n) is 13.2. The van der Waals surface area contributed by atoms with E-state index in [4.69, 9.17) is 0 Å². The molecular formula is C18H19N5. The summed E-state index contributed by atoms with van der Waals surface area (Å²) in [7, 11) is 0. The van der Waals surface area contributed by atoms with Crippen LogP contribution in [0.25, 0.3) is 5.65 Å². The maximum absolute atomic E-state index is 4.66. The van der Waals surface area contributed by atoms with Crippen molar-refractivity contribution < 1.29 is 0 Å². The molecule has 0 spiro atoms. The van der Waals surface area contributed by atoms with E-state index in [1.807, 2.05) is 19.3 Å². The Hall–Kier alpha value is -2.27. The highest BCUT2D eigenvalue weighted by molar-refractivity contribution is 5.44. The molecule has 116 valence electrons. The lowest BCUT2D eigenvalue weighted by Gasteiger charge is -2.36. The summed E-state index contributed by atoms with van der Waals surface area (Å²) in [5.74, 6) is 0. The zero-order valence-corrected chi connectivity index (χ0v) is 13.2. The standard InChI is InChI=1S/C18H19N5/c1-12-8-18-20-10-15-16-3-2-14(9-17(15)23(18)21-12)22(16)11-13-4-6-19-7-5-13/h4-8,10,14,16H,2-3,9,11H2,1H3/t14-,16+/m0/s1. The SMILES string of the molecule is Cc1cc2ncc3c(n2n1)C[C@@H]1CC[C@H]3N1Cc1ccncc1. The fourth-order valence-electron chi connectivity index (χ4n) is 4.24. The van der Waals surface area contributed by atoms with Crippen molar-refractivity contribution >= 4 is 5.65 Å². The molecule has 23 heavy (non-hydrogen) atoms. The van der Waals surface area contributed by atoms with Gasteiger partial charge in [-0.05, 0) is 37.5 Å². The van der Waals surface area contributed by atoms with Gasteiger partial charge in [0, 0.05) is 55.3 Å². The number of nitrogens with zero attached hydrogens (tertiary/aromatic N) is 5. The van der Waals surface area contributed by atoms with Gasteiger partial charge in [0.25, 0.3) is 0 Å². The van der Waals surface area contributed by atoms with Crippen LogP contribution in [0.5, 0.6) is 0 Å². The highest BCUT2D eigenvalue weighted by Crippen LogP contribution is 2.44. The smallest absolute Gasteiger partial charge is 0.155 e. The molecule has 0 amide bonds. The van der Waals surface area contributed by atoms with Crippen LogP contribution in [0.15, 0.2) is 36.8 Å². The third-order valence-corrected chi connectivity index (χ3v) is 5.28. The summed E-state index contributed by atoms with van der Waals surface area (Å²) in [4.78, 5) is 11.4. The van der Waals surface area contributed by atoms with Gasteiger partial charge in [0.05, 0.1) is 11.4 Å². The van der Waals surface area contributed by atoms with Crippen LogP contribution in [0.3, 0.4) is 0 Å². The van der Waals surface area contributed by atoms with Crippen LogP contribution < -0.4 is 0 Å². The van der Waals surface area contributed by atoms with Crippen LogP contribution in [0.4, 0.5) is 0 Å². The van der Waals surface area contributed by atoms with Gasteiger partial charge in [0.2, 0.25) is 0 Å². The lowest BCUT2D eigenvalue weighted by molar-refractivity contribution is 0.165. The number of hydrogen-bond donors (Lipinski definition) is 0. The number of hydrogen-bond acceptors (Lipinski definition) is 4. The van der Waals surface area contributed by atoms with Crippen molar-refractivity contribution in [2.75, 3.05) is 0 Å². The van der Waals surface area contributed by atoms with Crippen molar-refractivity contribution in [1.29, 1.82) is 0 Å². The van der Waals surface area contributed by atoms with Crippen molar-refractivity contribution in [1.82, 2.24) is 24.5 Å². The number of pyridine rings is 1. The van der Waals surface area contributed by atoms with Crippen LogP contribution in [-0.2, 0) is 13.0 Å². The minimum atomic E-state index is 0.471. The molecule has 5 heterocycles. The van der Waals surface area contributed by atoms with Gasteiger partial charge in [0.1, 0.15) is 0 Å². The van der Waals surface area contributed by atoms with E-state index in [0.29, 0.717) is 12.1 Å². The van der Waals surface area contributed by atoms with E-state index in [2.05, 4.69) is 48.9 Å². The number of aromatic nitrogens is 4. The highest BCUT2D eigenvalue weighted by Gasteiger charge is 2.41. The third kappa shape index (κ3) is 2.00. The molecule has 0 radical (unpaired) electrons. The van der Waals surface area contributed by atoms with Crippen molar-refractivity contribution in [2.24, 2.45) is 0 Å². The second kappa shape index (κ2) is 4.86. The second-order valence-electron chi connectivity index (χ2n) is 6.69. The first kappa shape index (κ1) is 13.2. The lowest BCUT2D eigenvalue weighted by atomic mass is 9.98. The summed E-state index contributed by atoms with van der Waals surface area (Å²) in [6.07, 6.45) is 9.39. The minimum absolute atomic E-state index is 0.471. The summed E-state index contributed by atoms with van der Waals surface area (Å²) in [5.41, 5.74) is 6.08. The molecule has 2 atom stereocenters. The van der Waals surface area contributed by atoms with E-state index < -0.39 is 0 Å². The molecule has 0 N–H and O–H groups in total. The fourth-order valence-corrected chi connectivity index (χ4v) is 4.24. The Balaban J connectivity index is 1.56. The molecule has 3 aromatic rings. The quantitative estimate of drug-likeness (QED) is 0.730. The monoisotopic (exact) mass is 305 g/mol. The van der Waals surface area contributed by atoms with Gasteiger partial charge in [-0.25, -0.2) is 9.50 Å². The average Bonchev–Trinajstić information content (AvgIpc) is 3.07. The molecule has 3 aromatic heterocycles. The predicted octanol–water partition coefficient (Wildman–Crippen LogP) is 2.69. The van der Waals surface area contributed by atoms with E-state index >= 15 is 0 Å². The Bertz CT molecular complexity index is 870. The van der Waals surface area contributed by atoms with Gasteiger partial charge in [-0.3, -0.25) is 9.88 Å². The molecule has 2 aliphatic heterocycles. The molecule has 2 bridgehead atoms. The molecule has 2 aliphatic rings. The second-order valence-corrected chi connectivity index (χ2v) is 6.69. The number of rotatable bonds is 2. The molecule has 0 unspecified atom stereocenters. The zero-order chi connectivity index (χ0) is 15.4. The van der Waals surface area contributed by atoms with Gasteiger partial charge < -0.3 is 0 Å². The molecule has 0 aliphatic carbocycles. The molecule has 5 rings (SSSR count). The van der Waals surface area contributed by atoms with E-state index in [9.17, 15) is 0 Å². The Labute approximate surface area is 135 Å². The van der Waals surface area contributed by atoms with E-state index in [1.165, 1.54) is 29.7 Å². The summed E-state index contributed by atoms with van der Waals surface area (Å²) < 4.78 is 2.07.